The molecule has 2 nitrogen and oxygen atoms in total. The topological polar surface area (TPSA) is 15.6 Å². The average molecular weight is 298 g/mol. The van der Waals surface area contributed by atoms with E-state index in [2.05, 4.69) is 47.7 Å². The molecular weight excluding hydrogens is 284 g/mol. The molecule has 0 amide bonds. The van der Waals surface area contributed by atoms with Crippen LogP contribution in [0.3, 0.4) is 0 Å². The minimum atomic E-state index is 0.899. The average Bonchev–Trinajstić information content (AvgIpc) is 3.08. The van der Waals surface area contributed by atoms with Gasteiger partial charge in [-0.25, -0.2) is 0 Å². The molecule has 20 heavy (non-hydrogen) atoms. The fourth-order valence-electron chi connectivity index (χ4n) is 2.76. The number of thioether (sulfide) groups is 1. The molecule has 0 saturated heterocycles. The van der Waals surface area contributed by atoms with Gasteiger partial charge < -0.3 is 4.90 Å². The molecular formula is C16H14N2S2. The van der Waals surface area contributed by atoms with Crippen LogP contribution in [-0.4, -0.2) is 23.2 Å². The first-order valence-corrected chi connectivity index (χ1v) is 8.27. The van der Waals surface area contributed by atoms with E-state index in [4.69, 9.17) is 0 Å². The first kappa shape index (κ1) is 12.2. The zero-order valence-corrected chi connectivity index (χ0v) is 12.9. The van der Waals surface area contributed by atoms with E-state index in [9.17, 15) is 0 Å². The Hall–Kier alpha value is -1.52. The van der Waals surface area contributed by atoms with E-state index < -0.39 is 0 Å². The molecule has 0 spiro atoms. The Labute approximate surface area is 126 Å². The molecule has 0 saturated carbocycles. The maximum absolute atomic E-state index is 4.56. The number of allylic oxidation sites excluding steroid dienone is 1. The molecule has 4 heteroatoms. The van der Waals surface area contributed by atoms with E-state index >= 15 is 0 Å². The van der Waals surface area contributed by atoms with Crippen LogP contribution in [0.25, 0.3) is 15.8 Å². The smallest absolute Gasteiger partial charge is 0.168 e. The summed E-state index contributed by atoms with van der Waals surface area (Å²) in [6.45, 7) is 8.00. The Morgan fingerprint density at radius 3 is 3.10 bits per heavy atom. The molecule has 0 radical (unpaired) electrons. The van der Waals surface area contributed by atoms with E-state index in [1.807, 2.05) is 17.4 Å². The lowest BCUT2D eigenvalue weighted by molar-refractivity contribution is 0.648. The zero-order chi connectivity index (χ0) is 13.7. The van der Waals surface area contributed by atoms with Crippen molar-refractivity contribution in [2.75, 3.05) is 13.1 Å². The Morgan fingerprint density at radius 2 is 2.25 bits per heavy atom. The van der Waals surface area contributed by atoms with Gasteiger partial charge in [0, 0.05) is 26.6 Å². The molecule has 0 N–H and O–H groups in total. The van der Waals surface area contributed by atoms with Crippen molar-refractivity contribution >= 4 is 44.0 Å². The van der Waals surface area contributed by atoms with E-state index in [0.29, 0.717) is 0 Å². The van der Waals surface area contributed by atoms with Crippen LogP contribution < -0.4 is 0 Å². The summed E-state index contributed by atoms with van der Waals surface area (Å²) in [6.07, 6.45) is 1.95. The molecule has 100 valence electrons. The standard InChI is InChI=1S/C16H14N2S2/c1-3-13-15(18-7-6-17-16(18)20-13)11-4-5-14-12(9-11)8-10(2)19-14/h3-5,8-9H,1,6-7H2,2H3. The van der Waals surface area contributed by atoms with Crippen LogP contribution in [0.15, 0.2) is 46.8 Å². The molecule has 0 bridgehead atoms. The van der Waals surface area contributed by atoms with Crippen LogP contribution in [0.1, 0.15) is 10.4 Å². The fraction of sp³-hybridized carbons (Fsp3) is 0.188. The van der Waals surface area contributed by atoms with Gasteiger partial charge in [0.2, 0.25) is 0 Å². The van der Waals surface area contributed by atoms with Gasteiger partial charge in [0.1, 0.15) is 0 Å². The quantitative estimate of drug-likeness (QED) is 0.812. The summed E-state index contributed by atoms with van der Waals surface area (Å²) < 4.78 is 1.35. The minimum Gasteiger partial charge on any atom is -0.317 e. The molecule has 2 aliphatic rings. The van der Waals surface area contributed by atoms with Gasteiger partial charge in [0.25, 0.3) is 0 Å². The normalized spacial score (nSPS) is 17.9. The van der Waals surface area contributed by atoms with E-state index in [1.54, 1.807) is 11.8 Å². The SMILES string of the molecule is C=CC1=C(c2ccc3sc(C)cc3c2)N2CCN=C2S1. The summed E-state index contributed by atoms with van der Waals surface area (Å²) in [5.41, 5.74) is 2.54. The number of aliphatic imine (C=N–C) groups is 1. The lowest BCUT2D eigenvalue weighted by Crippen LogP contribution is -2.19. The van der Waals surface area contributed by atoms with Crippen LogP contribution in [-0.2, 0) is 0 Å². The molecule has 2 aromatic rings. The summed E-state index contributed by atoms with van der Waals surface area (Å²) in [5.74, 6) is 0. The summed E-state index contributed by atoms with van der Waals surface area (Å²) >= 11 is 3.59. The maximum atomic E-state index is 4.56. The van der Waals surface area contributed by atoms with Gasteiger partial charge in [-0.2, -0.15) is 0 Å². The van der Waals surface area contributed by atoms with Crippen molar-refractivity contribution in [2.45, 2.75) is 6.92 Å². The second-order valence-electron chi connectivity index (χ2n) is 4.94. The van der Waals surface area contributed by atoms with Crippen molar-refractivity contribution in [2.24, 2.45) is 4.99 Å². The van der Waals surface area contributed by atoms with Crippen molar-refractivity contribution in [1.82, 2.24) is 4.90 Å². The van der Waals surface area contributed by atoms with Crippen LogP contribution in [0.5, 0.6) is 0 Å². The van der Waals surface area contributed by atoms with Crippen molar-refractivity contribution in [3.05, 3.63) is 52.3 Å². The first-order chi connectivity index (χ1) is 9.76. The van der Waals surface area contributed by atoms with Crippen molar-refractivity contribution in [1.29, 1.82) is 0 Å². The number of thiophene rings is 1. The Morgan fingerprint density at radius 1 is 1.35 bits per heavy atom. The molecule has 3 heterocycles. The summed E-state index contributed by atoms with van der Waals surface area (Å²) in [4.78, 5) is 9.46. The molecule has 2 aliphatic heterocycles. The van der Waals surface area contributed by atoms with Crippen LogP contribution in [0.4, 0.5) is 0 Å². The molecule has 1 aromatic heterocycles. The third-order valence-corrected chi connectivity index (χ3v) is 5.75. The molecule has 4 rings (SSSR count). The van der Waals surface area contributed by atoms with Crippen LogP contribution >= 0.6 is 23.1 Å². The largest absolute Gasteiger partial charge is 0.317 e. The third kappa shape index (κ3) is 1.75. The molecule has 0 atom stereocenters. The van der Waals surface area contributed by atoms with Crippen molar-refractivity contribution in [3.63, 3.8) is 0 Å². The minimum absolute atomic E-state index is 0.899. The van der Waals surface area contributed by atoms with Crippen molar-refractivity contribution in [3.8, 4) is 0 Å². The van der Waals surface area contributed by atoms with E-state index in [-0.39, 0.29) is 0 Å². The lowest BCUT2D eigenvalue weighted by atomic mass is 10.1. The van der Waals surface area contributed by atoms with Crippen molar-refractivity contribution < 1.29 is 0 Å². The molecule has 0 unspecified atom stereocenters. The second-order valence-corrected chi connectivity index (χ2v) is 7.24. The monoisotopic (exact) mass is 298 g/mol. The van der Waals surface area contributed by atoms with Gasteiger partial charge in [0.15, 0.2) is 5.17 Å². The second kappa shape index (κ2) is 4.50. The Kier molecular flexibility index (Phi) is 2.75. The summed E-state index contributed by atoms with van der Waals surface area (Å²) in [6, 6.07) is 9.00. The summed E-state index contributed by atoms with van der Waals surface area (Å²) in [5, 5.41) is 2.45. The van der Waals surface area contributed by atoms with Gasteiger partial charge in [-0.1, -0.05) is 18.7 Å². The van der Waals surface area contributed by atoms with Gasteiger partial charge in [0.05, 0.1) is 12.2 Å². The molecule has 0 aliphatic carbocycles. The number of hydrogen-bond acceptors (Lipinski definition) is 4. The van der Waals surface area contributed by atoms with Crippen LogP contribution in [0, 0.1) is 6.92 Å². The summed E-state index contributed by atoms with van der Waals surface area (Å²) in [7, 11) is 0. The predicted molar refractivity (Wildman–Crippen MR) is 90.3 cm³/mol. The van der Waals surface area contributed by atoms with E-state index in [0.717, 1.165) is 18.3 Å². The number of fused-ring (bicyclic) bond motifs is 2. The van der Waals surface area contributed by atoms with Gasteiger partial charge >= 0.3 is 0 Å². The number of rotatable bonds is 2. The highest BCUT2D eigenvalue weighted by Crippen LogP contribution is 2.42. The first-order valence-electron chi connectivity index (χ1n) is 6.63. The highest BCUT2D eigenvalue weighted by Gasteiger charge is 2.31. The van der Waals surface area contributed by atoms with Crippen LogP contribution in [0.2, 0.25) is 0 Å². The highest BCUT2D eigenvalue weighted by atomic mass is 32.2. The van der Waals surface area contributed by atoms with Gasteiger partial charge in [-0.3, -0.25) is 4.99 Å². The number of benzene rings is 1. The number of aryl methyl sites for hydroxylation is 1. The number of amidine groups is 1. The highest BCUT2D eigenvalue weighted by molar-refractivity contribution is 8.17. The third-order valence-electron chi connectivity index (χ3n) is 3.60. The van der Waals surface area contributed by atoms with Gasteiger partial charge in [-0.05, 0) is 42.3 Å². The predicted octanol–water partition coefficient (Wildman–Crippen LogP) is 4.48. The maximum Gasteiger partial charge on any atom is 0.168 e. The zero-order valence-electron chi connectivity index (χ0n) is 11.2. The van der Waals surface area contributed by atoms with Gasteiger partial charge in [-0.15, -0.1) is 11.3 Å². The fourth-order valence-corrected chi connectivity index (χ4v) is 4.72. The molecule has 1 aromatic carbocycles. The number of nitrogens with zero attached hydrogens (tertiary/aromatic N) is 2. The number of hydrogen-bond donors (Lipinski definition) is 0. The lowest BCUT2D eigenvalue weighted by Gasteiger charge is -2.17. The molecule has 0 fully saturated rings. The Balaban J connectivity index is 1.88. The Bertz CT molecular complexity index is 783. The van der Waals surface area contributed by atoms with E-state index in [1.165, 1.54) is 31.1 Å².